The van der Waals surface area contributed by atoms with Crippen LogP contribution in [0, 0.1) is 0 Å². The van der Waals surface area contributed by atoms with E-state index in [1.54, 1.807) is 17.5 Å². The largest absolute Gasteiger partial charge is 0.392 e. The normalized spacial score (nSPS) is 11.2. The first-order chi connectivity index (χ1) is 8.88. The molecule has 3 heterocycles. The van der Waals surface area contributed by atoms with Crippen molar-refractivity contribution in [3.63, 3.8) is 0 Å². The minimum absolute atomic E-state index is 0.0637. The maximum atomic E-state index is 9.36. The zero-order chi connectivity index (χ0) is 12.4. The smallest absolute Gasteiger partial charge is 0.140 e. The van der Waals surface area contributed by atoms with Crippen LogP contribution in [0.2, 0.25) is 0 Å². The summed E-state index contributed by atoms with van der Waals surface area (Å²) < 4.78 is 2.13. The molecule has 0 spiro atoms. The minimum Gasteiger partial charge on any atom is -0.392 e. The number of pyridine rings is 1. The quantitative estimate of drug-likeness (QED) is 0.781. The lowest BCUT2D eigenvalue weighted by Crippen LogP contribution is -1.99. The van der Waals surface area contributed by atoms with Gasteiger partial charge in [0, 0.05) is 34.8 Å². The summed E-state index contributed by atoms with van der Waals surface area (Å²) in [5, 5.41) is 12.5. The topological polar surface area (TPSA) is 38.0 Å². The third-order valence-electron chi connectivity index (χ3n) is 3.07. The van der Waals surface area contributed by atoms with Gasteiger partial charge in [0.15, 0.2) is 0 Å². The number of aromatic nitrogens is 2. The number of thiophene rings is 1. The molecule has 0 unspecified atom stereocenters. The summed E-state index contributed by atoms with van der Waals surface area (Å²) in [6, 6.07) is 8.14. The zero-order valence-electron chi connectivity index (χ0n) is 9.91. The number of hydrogen-bond donors (Lipinski definition) is 1. The lowest BCUT2D eigenvalue weighted by atomic mass is 10.2. The fourth-order valence-electron chi connectivity index (χ4n) is 2.18. The molecular weight excluding hydrogens is 244 g/mol. The summed E-state index contributed by atoms with van der Waals surface area (Å²) >= 11 is 1.78. The van der Waals surface area contributed by atoms with Crippen molar-refractivity contribution >= 4 is 22.4 Å². The molecule has 92 valence electrons. The molecule has 0 aliphatic carbocycles. The van der Waals surface area contributed by atoms with E-state index in [1.807, 2.05) is 18.3 Å². The van der Waals surface area contributed by atoms with Gasteiger partial charge in [-0.3, -0.25) is 0 Å². The zero-order valence-corrected chi connectivity index (χ0v) is 10.7. The summed E-state index contributed by atoms with van der Waals surface area (Å²) in [7, 11) is 0. The Morgan fingerprint density at radius 3 is 3.00 bits per heavy atom. The van der Waals surface area contributed by atoms with Crippen molar-refractivity contribution in [1.29, 1.82) is 0 Å². The molecule has 0 aliphatic rings. The average molecular weight is 258 g/mol. The second-order valence-corrected chi connectivity index (χ2v) is 5.24. The Morgan fingerprint density at radius 1 is 1.28 bits per heavy atom. The summed E-state index contributed by atoms with van der Waals surface area (Å²) in [4.78, 5) is 5.78. The van der Waals surface area contributed by atoms with Crippen LogP contribution in [-0.4, -0.2) is 14.7 Å². The molecule has 3 rings (SSSR count). The number of aryl methyl sites for hydroxylation is 2. The first-order valence-electron chi connectivity index (χ1n) is 5.94. The molecule has 0 aromatic carbocycles. The molecule has 1 N–H and O–H groups in total. The van der Waals surface area contributed by atoms with Gasteiger partial charge in [0.25, 0.3) is 0 Å². The molecule has 0 aliphatic heterocycles. The van der Waals surface area contributed by atoms with Gasteiger partial charge in [0.2, 0.25) is 0 Å². The van der Waals surface area contributed by atoms with Crippen LogP contribution in [0.1, 0.15) is 10.4 Å². The van der Waals surface area contributed by atoms with E-state index in [1.165, 1.54) is 4.88 Å². The van der Waals surface area contributed by atoms with Gasteiger partial charge < -0.3 is 9.67 Å². The van der Waals surface area contributed by atoms with Crippen LogP contribution in [0.3, 0.4) is 0 Å². The first kappa shape index (κ1) is 11.4. The Bertz CT molecular complexity index is 643. The highest BCUT2D eigenvalue weighted by atomic mass is 32.1. The van der Waals surface area contributed by atoms with Crippen molar-refractivity contribution in [2.45, 2.75) is 19.6 Å². The van der Waals surface area contributed by atoms with E-state index in [9.17, 15) is 5.11 Å². The van der Waals surface area contributed by atoms with Gasteiger partial charge in [-0.1, -0.05) is 6.07 Å². The van der Waals surface area contributed by atoms with Crippen molar-refractivity contribution in [3.05, 3.63) is 52.5 Å². The summed E-state index contributed by atoms with van der Waals surface area (Å²) in [5.74, 6) is 0. The minimum atomic E-state index is 0.0637. The molecule has 0 atom stereocenters. The molecule has 0 bridgehead atoms. The number of fused-ring (bicyclic) bond motifs is 1. The highest BCUT2D eigenvalue weighted by Crippen LogP contribution is 2.20. The molecule has 0 saturated carbocycles. The third kappa shape index (κ3) is 2.05. The van der Waals surface area contributed by atoms with Crippen LogP contribution in [0.25, 0.3) is 11.0 Å². The van der Waals surface area contributed by atoms with Gasteiger partial charge in [0.1, 0.15) is 5.65 Å². The summed E-state index contributed by atoms with van der Waals surface area (Å²) in [5.41, 5.74) is 1.90. The molecule has 3 nitrogen and oxygen atoms in total. The van der Waals surface area contributed by atoms with Gasteiger partial charge in [-0.25, -0.2) is 4.98 Å². The Balaban J connectivity index is 1.91. The maximum Gasteiger partial charge on any atom is 0.140 e. The van der Waals surface area contributed by atoms with E-state index >= 15 is 0 Å². The molecule has 0 amide bonds. The SMILES string of the molecule is OCc1cn(CCc2cccs2)c2ncccc12. The van der Waals surface area contributed by atoms with Gasteiger partial charge in [-0.05, 0) is 30.0 Å². The van der Waals surface area contributed by atoms with Crippen LogP contribution in [0.5, 0.6) is 0 Å². The van der Waals surface area contributed by atoms with Gasteiger partial charge >= 0.3 is 0 Å². The van der Waals surface area contributed by atoms with Crippen molar-refractivity contribution < 1.29 is 5.11 Å². The summed E-state index contributed by atoms with van der Waals surface area (Å²) in [6.45, 7) is 0.961. The number of hydrogen-bond acceptors (Lipinski definition) is 3. The molecule has 0 radical (unpaired) electrons. The lowest BCUT2D eigenvalue weighted by Gasteiger charge is -2.02. The molecule has 4 heteroatoms. The van der Waals surface area contributed by atoms with Crippen molar-refractivity contribution in [2.75, 3.05) is 0 Å². The van der Waals surface area contributed by atoms with Crippen molar-refractivity contribution in [3.8, 4) is 0 Å². The Morgan fingerprint density at radius 2 is 2.22 bits per heavy atom. The predicted molar refractivity (Wildman–Crippen MR) is 73.7 cm³/mol. The van der Waals surface area contributed by atoms with E-state index in [-0.39, 0.29) is 6.61 Å². The monoisotopic (exact) mass is 258 g/mol. The first-order valence-corrected chi connectivity index (χ1v) is 6.82. The molecule has 0 saturated heterocycles. The van der Waals surface area contributed by atoms with Crippen LogP contribution >= 0.6 is 11.3 Å². The van der Waals surface area contributed by atoms with Gasteiger partial charge in [-0.15, -0.1) is 11.3 Å². The number of aliphatic hydroxyl groups excluding tert-OH is 1. The highest BCUT2D eigenvalue weighted by Gasteiger charge is 2.08. The van der Waals surface area contributed by atoms with Crippen LogP contribution in [0.15, 0.2) is 42.0 Å². The maximum absolute atomic E-state index is 9.36. The third-order valence-corrected chi connectivity index (χ3v) is 4.00. The van der Waals surface area contributed by atoms with Crippen molar-refractivity contribution in [2.24, 2.45) is 0 Å². The fraction of sp³-hybridized carbons (Fsp3) is 0.214. The van der Waals surface area contributed by atoms with Crippen LogP contribution < -0.4 is 0 Å². The fourth-order valence-corrected chi connectivity index (χ4v) is 2.88. The molecular formula is C14H14N2OS. The number of rotatable bonds is 4. The predicted octanol–water partition coefficient (Wildman–Crippen LogP) is 2.83. The van der Waals surface area contributed by atoms with E-state index in [4.69, 9.17) is 0 Å². The van der Waals surface area contributed by atoms with E-state index in [2.05, 4.69) is 27.1 Å². The van der Waals surface area contributed by atoms with Crippen LogP contribution in [0.4, 0.5) is 0 Å². The molecule has 0 fully saturated rings. The lowest BCUT2D eigenvalue weighted by molar-refractivity contribution is 0.283. The van der Waals surface area contributed by atoms with Gasteiger partial charge in [0.05, 0.1) is 6.61 Å². The summed E-state index contributed by atoms with van der Waals surface area (Å²) in [6.07, 6.45) is 4.80. The van der Waals surface area contributed by atoms with E-state index in [0.717, 1.165) is 29.6 Å². The highest BCUT2D eigenvalue weighted by molar-refractivity contribution is 7.09. The Hall–Kier alpha value is -1.65. The Kier molecular flexibility index (Phi) is 3.13. The van der Waals surface area contributed by atoms with Crippen molar-refractivity contribution in [1.82, 2.24) is 9.55 Å². The molecule has 18 heavy (non-hydrogen) atoms. The number of aliphatic hydroxyl groups is 1. The second kappa shape index (κ2) is 4.92. The van der Waals surface area contributed by atoms with E-state index < -0.39 is 0 Å². The van der Waals surface area contributed by atoms with Gasteiger partial charge in [-0.2, -0.15) is 0 Å². The Labute approximate surface area is 109 Å². The molecule has 3 aromatic rings. The van der Waals surface area contributed by atoms with E-state index in [0.29, 0.717) is 0 Å². The van der Waals surface area contributed by atoms with Crippen LogP contribution in [-0.2, 0) is 19.6 Å². The molecule has 3 aromatic heterocycles. The second-order valence-electron chi connectivity index (χ2n) is 4.21. The standard InChI is InChI=1S/C14H14N2OS/c17-10-11-9-16(7-5-12-3-2-8-18-12)14-13(11)4-1-6-15-14/h1-4,6,8-9,17H,5,7,10H2. The number of nitrogens with zero attached hydrogens (tertiary/aromatic N) is 2. The average Bonchev–Trinajstić information content (AvgIpc) is 3.04.